The molecule has 2 radical (unpaired) electrons. The molecule has 0 heteroatoms. The molecule has 0 aromatic rings. The van der Waals surface area contributed by atoms with Gasteiger partial charge in [-0.15, -0.1) is 0 Å². The Morgan fingerprint density at radius 3 is 2.60 bits per heavy atom. The predicted molar refractivity (Wildman–Crippen MR) is 66.1 cm³/mol. The maximum Gasteiger partial charge on any atom is 0.00413 e. The molecule has 0 amide bonds. The highest BCUT2D eigenvalue weighted by Crippen LogP contribution is 2.35. The smallest absolute Gasteiger partial charge is 0.00413 e. The van der Waals surface area contributed by atoms with Crippen LogP contribution in [0.25, 0.3) is 0 Å². The second-order valence-corrected chi connectivity index (χ2v) is 5.19. The summed E-state index contributed by atoms with van der Waals surface area (Å²) in [5.74, 6) is 3.93. The molecule has 0 spiro atoms. The lowest BCUT2D eigenvalue weighted by Crippen LogP contribution is -2.13. The molecule has 0 heterocycles. The maximum absolute atomic E-state index is 2.40. The molecule has 0 aromatic heterocycles. The quantitative estimate of drug-likeness (QED) is 0.593. The highest BCUT2D eigenvalue weighted by molar-refractivity contribution is 5.23. The highest BCUT2D eigenvalue weighted by atomic mass is 14.3. The molecule has 0 aromatic carbocycles. The van der Waals surface area contributed by atoms with Crippen LogP contribution in [0, 0.1) is 30.1 Å². The van der Waals surface area contributed by atoms with E-state index in [9.17, 15) is 0 Å². The first-order valence-corrected chi connectivity index (χ1v) is 6.31. The molecule has 2 aliphatic rings. The van der Waals surface area contributed by atoms with Gasteiger partial charge >= 0.3 is 0 Å². The van der Waals surface area contributed by atoms with Gasteiger partial charge in [-0.05, 0) is 49.9 Å². The molecule has 0 fully saturated rings. The third kappa shape index (κ3) is 2.96. The Hall–Kier alpha value is -0.520. The molecule has 0 bridgehead atoms. The minimum absolute atomic E-state index is 0.718. The van der Waals surface area contributed by atoms with E-state index in [0.717, 1.165) is 17.8 Å². The van der Waals surface area contributed by atoms with Gasteiger partial charge in [0.1, 0.15) is 0 Å². The third-order valence-electron chi connectivity index (χ3n) is 3.72. The van der Waals surface area contributed by atoms with Crippen molar-refractivity contribution >= 4 is 0 Å². The lowest BCUT2D eigenvalue weighted by atomic mass is 9.79. The van der Waals surface area contributed by atoms with Gasteiger partial charge in [-0.25, -0.2) is 0 Å². The highest BCUT2D eigenvalue weighted by Gasteiger charge is 2.22. The maximum atomic E-state index is 2.40. The molecule has 2 rings (SSSR count). The molecule has 0 aliphatic heterocycles. The fourth-order valence-corrected chi connectivity index (χ4v) is 2.50. The first-order valence-electron chi connectivity index (χ1n) is 6.31. The molecule has 3 unspecified atom stereocenters. The van der Waals surface area contributed by atoms with Gasteiger partial charge < -0.3 is 0 Å². The van der Waals surface area contributed by atoms with Crippen molar-refractivity contribution in [3.05, 3.63) is 36.6 Å². The molecule has 0 N–H and O–H groups in total. The van der Waals surface area contributed by atoms with Crippen molar-refractivity contribution in [2.45, 2.75) is 39.5 Å². The number of hydrogen-bond donors (Lipinski definition) is 0. The van der Waals surface area contributed by atoms with E-state index >= 15 is 0 Å². The van der Waals surface area contributed by atoms with Crippen molar-refractivity contribution in [1.82, 2.24) is 0 Å². The first-order chi connectivity index (χ1) is 7.25. The summed E-state index contributed by atoms with van der Waals surface area (Å²) in [5, 5.41) is 0. The van der Waals surface area contributed by atoms with Crippen LogP contribution >= 0.6 is 0 Å². The van der Waals surface area contributed by atoms with Crippen LogP contribution in [0.2, 0.25) is 0 Å². The molecule has 2 aliphatic carbocycles. The topological polar surface area (TPSA) is 0 Å². The SMILES string of the molecule is CC1[CH]C=CC([C]2C=CC(C)CC2)CC1. The normalized spacial score (nSPS) is 37.9. The Morgan fingerprint density at radius 2 is 1.87 bits per heavy atom. The zero-order chi connectivity index (χ0) is 10.7. The average molecular weight is 202 g/mol. The average Bonchev–Trinajstić information content (AvgIpc) is 2.44. The molecule has 0 nitrogen and oxygen atoms in total. The van der Waals surface area contributed by atoms with Gasteiger partial charge in [0.2, 0.25) is 0 Å². The van der Waals surface area contributed by atoms with Crippen LogP contribution in [0.5, 0.6) is 0 Å². The molecular weight excluding hydrogens is 180 g/mol. The molecule has 82 valence electrons. The third-order valence-corrected chi connectivity index (χ3v) is 3.72. The fourth-order valence-electron chi connectivity index (χ4n) is 2.50. The van der Waals surface area contributed by atoms with Crippen molar-refractivity contribution in [1.29, 1.82) is 0 Å². The Bertz CT molecular complexity index is 249. The summed E-state index contributed by atoms with van der Waals surface area (Å²) in [5.41, 5.74) is 0. The first kappa shape index (κ1) is 11.0. The number of allylic oxidation sites excluding steroid dienone is 4. The van der Waals surface area contributed by atoms with E-state index in [2.05, 4.69) is 44.6 Å². The van der Waals surface area contributed by atoms with Gasteiger partial charge in [0.15, 0.2) is 0 Å². The van der Waals surface area contributed by atoms with Crippen LogP contribution in [0.15, 0.2) is 24.3 Å². The molecular formula is C15H22. The summed E-state index contributed by atoms with van der Waals surface area (Å²) in [6, 6.07) is 0. The summed E-state index contributed by atoms with van der Waals surface area (Å²) in [6.45, 7) is 4.63. The van der Waals surface area contributed by atoms with Crippen molar-refractivity contribution in [3.8, 4) is 0 Å². The van der Waals surface area contributed by atoms with E-state index in [-0.39, 0.29) is 0 Å². The van der Waals surface area contributed by atoms with Crippen molar-refractivity contribution in [2.24, 2.45) is 17.8 Å². The Kier molecular flexibility index (Phi) is 3.66. The van der Waals surface area contributed by atoms with Crippen molar-refractivity contribution in [3.63, 3.8) is 0 Å². The predicted octanol–water partition coefficient (Wildman–Crippen LogP) is 4.35. The van der Waals surface area contributed by atoms with E-state index in [0.29, 0.717) is 0 Å². The molecule has 0 saturated heterocycles. The van der Waals surface area contributed by atoms with Crippen molar-refractivity contribution in [2.75, 3.05) is 0 Å². The van der Waals surface area contributed by atoms with Crippen molar-refractivity contribution < 1.29 is 0 Å². The summed E-state index contributed by atoms with van der Waals surface area (Å²) < 4.78 is 0. The summed E-state index contributed by atoms with van der Waals surface area (Å²) in [4.78, 5) is 0. The van der Waals surface area contributed by atoms with E-state index in [4.69, 9.17) is 0 Å². The Balaban J connectivity index is 1.96. The minimum atomic E-state index is 0.718. The monoisotopic (exact) mass is 202 g/mol. The van der Waals surface area contributed by atoms with Crippen LogP contribution in [0.3, 0.4) is 0 Å². The Morgan fingerprint density at radius 1 is 1.00 bits per heavy atom. The van der Waals surface area contributed by atoms with Gasteiger partial charge in [-0.2, -0.15) is 0 Å². The summed E-state index contributed by atoms with van der Waals surface area (Å²) in [7, 11) is 0. The Labute approximate surface area is 94.5 Å². The zero-order valence-corrected chi connectivity index (χ0v) is 9.95. The lowest BCUT2D eigenvalue weighted by molar-refractivity contribution is 0.485. The number of hydrogen-bond acceptors (Lipinski definition) is 0. The van der Waals surface area contributed by atoms with Gasteiger partial charge in [0.25, 0.3) is 0 Å². The minimum Gasteiger partial charge on any atom is -0.0851 e. The second-order valence-electron chi connectivity index (χ2n) is 5.19. The van der Waals surface area contributed by atoms with E-state index in [1.54, 1.807) is 5.92 Å². The standard InChI is InChI=1S/C15H22/c1-12-4-3-5-14(9-6-12)15-10-7-13(2)8-11-15/h3-5,7,10,12-14H,6,8-9,11H2,1-2H3. The zero-order valence-electron chi connectivity index (χ0n) is 9.95. The van der Waals surface area contributed by atoms with Crippen LogP contribution in [0.4, 0.5) is 0 Å². The molecule has 0 saturated carbocycles. The largest absolute Gasteiger partial charge is 0.0851 e. The van der Waals surface area contributed by atoms with Crippen LogP contribution in [-0.4, -0.2) is 0 Å². The van der Waals surface area contributed by atoms with Gasteiger partial charge in [-0.3, -0.25) is 0 Å². The fraction of sp³-hybridized carbons (Fsp3) is 0.600. The lowest BCUT2D eigenvalue weighted by Gasteiger charge is -2.25. The van der Waals surface area contributed by atoms with Gasteiger partial charge in [-0.1, -0.05) is 38.2 Å². The van der Waals surface area contributed by atoms with Gasteiger partial charge in [0.05, 0.1) is 0 Å². The van der Waals surface area contributed by atoms with E-state index in [1.165, 1.54) is 25.7 Å². The number of rotatable bonds is 1. The van der Waals surface area contributed by atoms with E-state index in [1.807, 2.05) is 0 Å². The van der Waals surface area contributed by atoms with Crippen LogP contribution in [0.1, 0.15) is 39.5 Å². The molecule has 3 atom stereocenters. The second kappa shape index (κ2) is 5.01. The van der Waals surface area contributed by atoms with Crippen LogP contribution < -0.4 is 0 Å². The van der Waals surface area contributed by atoms with Gasteiger partial charge in [0, 0.05) is 5.92 Å². The van der Waals surface area contributed by atoms with E-state index < -0.39 is 0 Å². The van der Waals surface area contributed by atoms with Crippen LogP contribution in [-0.2, 0) is 0 Å². The summed E-state index contributed by atoms with van der Waals surface area (Å²) in [6.07, 6.45) is 17.1. The molecule has 15 heavy (non-hydrogen) atoms. The summed E-state index contributed by atoms with van der Waals surface area (Å²) >= 11 is 0.